The van der Waals surface area contributed by atoms with Crippen LogP contribution in [0.5, 0.6) is 5.75 Å². The van der Waals surface area contributed by atoms with E-state index >= 15 is 0 Å². The van der Waals surface area contributed by atoms with Crippen LogP contribution in [0, 0.1) is 0 Å². The summed E-state index contributed by atoms with van der Waals surface area (Å²) in [5.41, 5.74) is 2.25. The van der Waals surface area contributed by atoms with Crippen LogP contribution in [0.15, 0.2) is 51.4 Å². The average molecular weight is 371 g/mol. The Balaban J connectivity index is 2.06. The maximum absolute atomic E-state index is 5.20. The molecular formula is C14H13Br2NO. The first-order valence-electron chi connectivity index (χ1n) is 5.51. The van der Waals surface area contributed by atoms with E-state index in [-0.39, 0.29) is 0 Å². The van der Waals surface area contributed by atoms with Gasteiger partial charge in [-0.25, -0.2) is 0 Å². The van der Waals surface area contributed by atoms with Crippen molar-refractivity contribution in [2.75, 3.05) is 12.4 Å². The van der Waals surface area contributed by atoms with Gasteiger partial charge in [-0.15, -0.1) is 0 Å². The van der Waals surface area contributed by atoms with Crippen molar-refractivity contribution in [1.82, 2.24) is 0 Å². The van der Waals surface area contributed by atoms with Crippen LogP contribution in [-0.4, -0.2) is 7.11 Å². The van der Waals surface area contributed by atoms with Gasteiger partial charge in [0.2, 0.25) is 0 Å². The van der Waals surface area contributed by atoms with Gasteiger partial charge in [0.15, 0.2) is 0 Å². The fraction of sp³-hybridized carbons (Fsp3) is 0.143. The molecule has 0 aromatic heterocycles. The predicted molar refractivity (Wildman–Crippen MR) is 82.2 cm³/mol. The Bertz CT molecular complexity index is 543. The Morgan fingerprint density at radius 3 is 2.67 bits per heavy atom. The molecule has 0 spiro atoms. The van der Waals surface area contributed by atoms with E-state index in [0.717, 1.165) is 26.9 Å². The number of benzene rings is 2. The van der Waals surface area contributed by atoms with E-state index < -0.39 is 0 Å². The number of anilines is 1. The standard InChI is InChI=1S/C14H13Br2NO/c1-18-12-4-2-3-10(7-12)9-17-14-6-5-11(15)8-13(14)16/h2-8,17H,9H2,1H3. The number of ether oxygens (including phenoxy) is 1. The Morgan fingerprint density at radius 2 is 1.94 bits per heavy atom. The molecule has 2 aromatic rings. The third-order valence-electron chi connectivity index (χ3n) is 2.55. The largest absolute Gasteiger partial charge is 0.497 e. The molecule has 0 aliphatic heterocycles. The molecule has 0 aliphatic carbocycles. The molecule has 2 rings (SSSR count). The first-order valence-corrected chi connectivity index (χ1v) is 7.09. The second-order valence-electron chi connectivity index (χ2n) is 3.83. The highest BCUT2D eigenvalue weighted by molar-refractivity contribution is 9.11. The Morgan fingerprint density at radius 1 is 1.11 bits per heavy atom. The molecule has 0 aliphatic rings. The minimum absolute atomic E-state index is 0.761. The Kier molecular flexibility index (Phi) is 4.66. The van der Waals surface area contributed by atoms with E-state index in [0.29, 0.717) is 0 Å². The van der Waals surface area contributed by atoms with Crippen molar-refractivity contribution in [2.45, 2.75) is 6.54 Å². The minimum atomic E-state index is 0.761. The Labute approximate surface area is 124 Å². The first kappa shape index (κ1) is 13.4. The number of methoxy groups -OCH3 is 1. The lowest BCUT2D eigenvalue weighted by molar-refractivity contribution is 0.414. The molecule has 18 heavy (non-hydrogen) atoms. The molecule has 0 fully saturated rings. The molecule has 94 valence electrons. The third-order valence-corrected chi connectivity index (χ3v) is 3.70. The van der Waals surface area contributed by atoms with Crippen LogP contribution in [0.3, 0.4) is 0 Å². The van der Waals surface area contributed by atoms with Gasteiger partial charge in [0, 0.05) is 21.2 Å². The minimum Gasteiger partial charge on any atom is -0.497 e. The van der Waals surface area contributed by atoms with Crippen LogP contribution in [0.2, 0.25) is 0 Å². The molecule has 2 nitrogen and oxygen atoms in total. The van der Waals surface area contributed by atoms with E-state index in [9.17, 15) is 0 Å². The number of hydrogen-bond acceptors (Lipinski definition) is 2. The van der Waals surface area contributed by atoms with Gasteiger partial charge in [-0.05, 0) is 51.8 Å². The van der Waals surface area contributed by atoms with Gasteiger partial charge in [0.1, 0.15) is 5.75 Å². The molecule has 2 aromatic carbocycles. The van der Waals surface area contributed by atoms with Gasteiger partial charge in [0.25, 0.3) is 0 Å². The zero-order valence-corrected chi connectivity index (χ0v) is 13.1. The van der Waals surface area contributed by atoms with E-state index in [1.165, 1.54) is 5.56 Å². The molecular weight excluding hydrogens is 358 g/mol. The average Bonchev–Trinajstić information content (AvgIpc) is 2.38. The van der Waals surface area contributed by atoms with E-state index in [1.807, 2.05) is 36.4 Å². The van der Waals surface area contributed by atoms with Crippen molar-refractivity contribution in [3.05, 3.63) is 57.0 Å². The molecule has 4 heteroatoms. The highest BCUT2D eigenvalue weighted by Gasteiger charge is 2.01. The molecule has 0 amide bonds. The number of nitrogens with one attached hydrogen (secondary N) is 1. The van der Waals surface area contributed by atoms with Crippen LogP contribution in [0.1, 0.15) is 5.56 Å². The summed E-state index contributed by atoms with van der Waals surface area (Å²) in [6, 6.07) is 14.1. The second kappa shape index (κ2) is 6.25. The quantitative estimate of drug-likeness (QED) is 0.831. The van der Waals surface area contributed by atoms with Gasteiger partial charge in [0.05, 0.1) is 7.11 Å². The van der Waals surface area contributed by atoms with Crippen molar-refractivity contribution in [2.24, 2.45) is 0 Å². The lowest BCUT2D eigenvalue weighted by Crippen LogP contribution is -2.00. The summed E-state index contributed by atoms with van der Waals surface area (Å²) in [5, 5.41) is 3.38. The van der Waals surface area contributed by atoms with E-state index in [4.69, 9.17) is 4.74 Å². The summed E-state index contributed by atoms with van der Waals surface area (Å²) in [5.74, 6) is 0.879. The fourth-order valence-electron chi connectivity index (χ4n) is 1.61. The number of halogens is 2. The SMILES string of the molecule is COc1cccc(CNc2ccc(Br)cc2Br)c1. The molecule has 0 saturated heterocycles. The topological polar surface area (TPSA) is 21.3 Å². The van der Waals surface area contributed by atoms with Crippen LogP contribution >= 0.6 is 31.9 Å². The van der Waals surface area contributed by atoms with Crippen molar-refractivity contribution in [3.8, 4) is 5.75 Å². The zero-order valence-electron chi connectivity index (χ0n) is 9.91. The maximum atomic E-state index is 5.20. The summed E-state index contributed by atoms with van der Waals surface area (Å²) >= 11 is 6.97. The highest BCUT2D eigenvalue weighted by Crippen LogP contribution is 2.26. The monoisotopic (exact) mass is 369 g/mol. The smallest absolute Gasteiger partial charge is 0.119 e. The molecule has 0 radical (unpaired) electrons. The Hall–Kier alpha value is -1.000. The van der Waals surface area contributed by atoms with Crippen molar-refractivity contribution < 1.29 is 4.74 Å². The van der Waals surface area contributed by atoms with E-state index in [2.05, 4.69) is 43.2 Å². The van der Waals surface area contributed by atoms with Crippen LogP contribution in [0.4, 0.5) is 5.69 Å². The molecule has 0 bridgehead atoms. The van der Waals surface area contributed by atoms with Crippen molar-refractivity contribution >= 4 is 37.5 Å². The lowest BCUT2D eigenvalue weighted by Gasteiger charge is -2.10. The van der Waals surface area contributed by atoms with E-state index in [1.54, 1.807) is 7.11 Å². The van der Waals surface area contributed by atoms with Gasteiger partial charge in [-0.3, -0.25) is 0 Å². The van der Waals surface area contributed by atoms with Gasteiger partial charge >= 0.3 is 0 Å². The molecule has 1 N–H and O–H groups in total. The van der Waals surface area contributed by atoms with Crippen molar-refractivity contribution in [1.29, 1.82) is 0 Å². The maximum Gasteiger partial charge on any atom is 0.119 e. The van der Waals surface area contributed by atoms with Crippen molar-refractivity contribution in [3.63, 3.8) is 0 Å². The molecule has 0 saturated carbocycles. The third kappa shape index (κ3) is 3.50. The normalized spacial score (nSPS) is 10.2. The van der Waals surface area contributed by atoms with Gasteiger partial charge in [-0.1, -0.05) is 28.1 Å². The molecule has 0 heterocycles. The summed E-state index contributed by atoms with van der Waals surface area (Å²) in [4.78, 5) is 0. The summed E-state index contributed by atoms with van der Waals surface area (Å²) < 4.78 is 7.30. The predicted octanol–water partition coefficient (Wildman–Crippen LogP) is 4.83. The summed E-state index contributed by atoms with van der Waals surface area (Å²) in [7, 11) is 1.68. The molecule has 0 atom stereocenters. The number of rotatable bonds is 4. The highest BCUT2D eigenvalue weighted by atomic mass is 79.9. The van der Waals surface area contributed by atoms with Gasteiger partial charge < -0.3 is 10.1 Å². The first-order chi connectivity index (χ1) is 8.69. The van der Waals surface area contributed by atoms with Crippen LogP contribution in [-0.2, 0) is 6.54 Å². The second-order valence-corrected chi connectivity index (χ2v) is 5.60. The fourth-order valence-corrected chi connectivity index (χ4v) is 2.80. The summed E-state index contributed by atoms with van der Waals surface area (Å²) in [6.07, 6.45) is 0. The molecule has 0 unspecified atom stereocenters. The number of hydrogen-bond donors (Lipinski definition) is 1. The lowest BCUT2D eigenvalue weighted by atomic mass is 10.2. The van der Waals surface area contributed by atoms with Gasteiger partial charge in [-0.2, -0.15) is 0 Å². The zero-order chi connectivity index (χ0) is 13.0. The van der Waals surface area contributed by atoms with Crippen LogP contribution < -0.4 is 10.1 Å². The summed E-state index contributed by atoms with van der Waals surface area (Å²) in [6.45, 7) is 0.761. The van der Waals surface area contributed by atoms with Crippen LogP contribution in [0.25, 0.3) is 0 Å².